The van der Waals surface area contributed by atoms with Crippen LogP contribution in [0.4, 0.5) is 0 Å². The van der Waals surface area contributed by atoms with Gasteiger partial charge in [0.1, 0.15) is 5.75 Å². The van der Waals surface area contributed by atoms with Crippen LogP contribution in [0.5, 0.6) is 5.75 Å². The Bertz CT molecular complexity index is 611. The zero-order valence-corrected chi connectivity index (χ0v) is 13.1. The zero-order chi connectivity index (χ0) is 14.5. The van der Waals surface area contributed by atoms with Gasteiger partial charge in [-0.1, -0.05) is 28.1 Å². The van der Waals surface area contributed by atoms with Crippen LogP contribution in [-0.4, -0.2) is 16.9 Å². The number of benzene rings is 1. The summed E-state index contributed by atoms with van der Waals surface area (Å²) in [6, 6.07) is 9.48. The van der Waals surface area contributed by atoms with Crippen LogP contribution in [-0.2, 0) is 6.42 Å². The second kappa shape index (κ2) is 6.66. The first-order valence-electron chi connectivity index (χ1n) is 6.44. The normalized spacial score (nSPS) is 10.6. The molecule has 4 heteroatoms. The van der Waals surface area contributed by atoms with E-state index in [-0.39, 0.29) is 11.9 Å². The van der Waals surface area contributed by atoms with E-state index in [9.17, 15) is 4.79 Å². The molecule has 0 aliphatic heterocycles. The zero-order valence-electron chi connectivity index (χ0n) is 11.5. The molecule has 0 saturated heterocycles. The lowest BCUT2D eigenvalue weighted by Crippen LogP contribution is -2.08. The highest BCUT2D eigenvalue weighted by Gasteiger charge is 2.09. The Kier molecular flexibility index (Phi) is 4.90. The number of carbonyl (C=O) groups is 1. The van der Waals surface area contributed by atoms with Crippen molar-refractivity contribution in [3.05, 3.63) is 58.3 Å². The van der Waals surface area contributed by atoms with Crippen molar-refractivity contribution in [2.24, 2.45) is 0 Å². The quantitative estimate of drug-likeness (QED) is 0.774. The van der Waals surface area contributed by atoms with Crippen molar-refractivity contribution in [3.63, 3.8) is 0 Å². The van der Waals surface area contributed by atoms with E-state index in [0.29, 0.717) is 17.7 Å². The SMILES string of the molecule is CC(C)Oc1cncc(C(=O)Cc2cccc(Br)c2)c1. The highest BCUT2D eigenvalue weighted by molar-refractivity contribution is 9.10. The van der Waals surface area contributed by atoms with Crippen molar-refractivity contribution in [1.29, 1.82) is 0 Å². The van der Waals surface area contributed by atoms with Gasteiger partial charge in [0.25, 0.3) is 0 Å². The molecule has 1 aromatic heterocycles. The molecule has 0 aliphatic carbocycles. The summed E-state index contributed by atoms with van der Waals surface area (Å²) in [5.41, 5.74) is 1.54. The number of hydrogen-bond donors (Lipinski definition) is 0. The molecule has 0 bridgehead atoms. The van der Waals surface area contributed by atoms with Gasteiger partial charge in [-0.25, -0.2) is 0 Å². The Morgan fingerprint density at radius 1 is 1.30 bits per heavy atom. The molecular weight excluding hydrogens is 318 g/mol. The number of carbonyl (C=O) groups excluding carboxylic acids is 1. The van der Waals surface area contributed by atoms with Crippen LogP contribution in [0.1, 0.15) is 29.8 Å². The van der Waals surface area contributed by atoms with Crippen molar-refractivity contribution < 1.29 is 9.53 Å². The van der Waals surface area contributed by atoms with E-state index < -0.39 is 0 Å². The second-order valence-corrected chi connectivity index (χ2v) is 5.72. The number of pyridine rings is 1. The van der Waals surface area contributed by atoms with Crippen LogP contribution < -0.4 is 4.74 Å². The predicted molar refractivity (Wildman–Crippen MR) is 82.2 cm³/mol. The third kappa shape index (κ3) is 4.17. The summed E-state index contributed by atoms with van der Waals surface area (Å²) in [6.07, 6.45) is 3.61. The summed E-state index contributed by atoms with van der Waals surface area (Å²) < 4.78 is 6.52. The van der Waals surface area contributed by atoms with E-state index in [0.717, 1.165) is 10.0 Å². The van der Waals surface area contributed by atoms with E-state index in [4.69, 9.17) is 4.74 Å². The van der Waals surface area contributed by atoms with Gasteiger partial charge in [-0.2, -0.15) is 0 Å². The largest absolute Gasteiger partial charge is 0.489 e. The number of nitrogens with zero attached hydrogens (tertiary/aromatic N) is 1. The van der Waals surface area contributed by atoms with Crippen molar-refractivity contribution >= 4 is 21.7 Å². The Morgan fingerprint density at radius 3 is 2.80 bits per heavy atom. The first kappa shape index (κ1) is 14.7. The first-order chi connectivity index (χ1) is 9.54. The van der Waals surface area contributed by atoms with E-state index in [1.54, 1.807) is 18.5 Å². The third-order valence-corrected chi connectivity index (χ3v) is 3.15. The van der Waals surface area contributed by atoms with Gasteiger partial charge in [0, 0.05) is 22.7 Å². The molecule has 0 spiro atoms. The molecule has 0 unspecified atom stereocenters. The van der Waals surface area contributed by atoms with Gasteiger partial charge in [0.15, 0.2) is 5.78 Å². The summed E-state index contributed by atoms with van der Waals surface area (Å²) in [5, 5.41) is 0. The molecule has 20 heavy (non-hydrogen) atoms. The molecule has 0 fully saturated rings. The maximum atomic E-state index is 12.3. The second-order valence-electron chi connectivity index (χ2n) is 4.81. The van der Waals surface area contributed by atoms with Crippen LogP contribution in [0, 0.1) is 0 Å². The Morgan fingerprint density at radius 2 is 2.10 bits per heavy atom. The summed E-state index contributed by atoms with van der Waals surface area (Å²) in [4.78, 5) is 16.3. The lowest BCUT2D eigenvalue weighted by atomic mass is 10.0. The summed E-state index contributed by atoms with van der Waals surface area (Å²) >= 11 is 3.40. The molecule has 3 nitrogen and oxygen atoms in total. The van der Waals surface area contributed by atoms with Crippen LogP contribution >= 0.6 is 15.9 Å². The molecule has 0 saturated carbocycles. The predicted octanol–water partition coefficient (Wildman–Crippen LogP) is 4.06. The first-order valence-corrected chi connectivity index (χ1v) is 7.23. The summed E-state index contributed by atoms with van der Waals surface area (Å²) in [6.45, 7) is 3.88. The molecule has 1 aromatic carbocycles. The molecule has 104 valence electrons. The molecule has 0 N–H and O–H groups in total. The average molecular weight is 334 g/mol. The monoisotopic (exact) mass is 333 g/mol. The fourth-order valence-electron chi connectivity index (χ4n) is 1.84. The van der Waals surface area contributed by atoms with E-state index in [1.807, 2.05) is 38.1 Å². The van der Waals surface area contributed by atoms with Gasteiger partial charge in [-0.15, -0.1) is 0 Å². The minimum Gasteiger partial charge on any atom is -0.489 e. The average Bonchev–Trinajstić information content (AvgIpc) is 2.38. The fourth-order valence-corrected chi connectivity index (χ4v) is 2.29. The van der Waals surface area contributed by atoms with Gasteiger partial charge >= 0.3 is 0 Å². The Balaban J connectivity index is 2.13. The molecule has 2 aromatic rings. The van der Waals surface area contributed by atoms with Gasteiger partial charge in [-0.3, -0.25) is 9.78 Å². The minimum absolute atomic E-state index is 0.0322. The van der Waals surface area contributed by atoms with Gasteiger partial charge in [0.05, 0.1) is 12.3 Å². The summed E-state index contributed by atoms with van der Waals surface area (Å²) in [7, 11) is 0. The van der Waals surface area contributed by atoms with Gasteiger partial charge in [0.2, 0.25) is 0 Å². The van der Waals surface area contributed by atoms with Crippen LogP contribution in [0.2, 0.25) is 0 Å². The highest BCUT2D eigenvalue weighted by atomic mass is 79.9. The molecule has 0 aliphatic rings. The molecule has 0 amide bonds. The minimum atomic E-state index is 0.0322. The van der Waals surface area contributed by atoms with Gasteiger partial charge in [-0.05, 0) is 37.6 Å². The molecule has 1 heterocycles. The Hall–Kier alpha value is -1.68. The topological polar surface area (TPSA) is 39.2 Å². The van der Waals surface area contributed by atoms with E-state index >= 15 is 0 Å². The number of ketones is 1. The van der Waals surface area contributed by atoms with Crippen LogP contribution in [0.25, 0.3) is 0 Å². The van der Waals surface area contributed by atoms with E-state index in [2.05, 4.69) is 20.9 Å². The number of rotatable bonds is 5. The van der Waals surface area contributed by atoms with Crippen molar-refractivity contribution in [1.82, 2.24) is 4.98 Å². The lowest BCUT2D eigenvalue weighted by molar-refractivity contribution is 0.0992. The number of hydrogen-bond acceptors (Lipinski definition) is 3. The van der Waals surface area contributed by atoms with Crippen molar-refractivity contribution in [3.8, 4) is 5.75 Å². The molecule has 0 radical (unpaired) electrons. The maximum Gasteiger partial charge on any atom is 0.168 e. The number of ether oxygens (including phenoxy) is 1. The molecular formula is C16H16BrNO2. The van der Waals surface area contributed by atoms with E-state index in [1.165, 1.54) is 0 Å². The smallest absolute Gasteiger partial charge is 0.168 e. The van der Waals surface area contributed by atoms with Crippen molar-refractivity contribution in [2.45, 2.75) is 26.4 Å². The number of aromatic nitrogens is 1. The lowest BCUT2D eigenvalue weighted by Gasteiger charge is -2.10. The maximum absolute atomic E-state index is 12.3. The number of Topliss-reactive ketones (excluding diaryl/α,β-unsaturated/α-hetero) is 1. The van der Waals surface area contributed by atoms with Gasteiger partial charge < -0.3 is 4.74 Å². The third-order valence-electron chi connectivity index (χ3n) is 2.66. The molecule has 0 atom stereocenters. The van der Waals surface area contributed by atoms with Crippen molar-refractivity contribution in [2.75, 3.05) is 0 Å². The molecule has 2 rings (SSSR count). The fraction of sp³-hybridized carbons (Fsp3) is 0.250. The summed E-state index contributed by atoms with van der Waals surface area (Å²) in [5.74, 6) is 0.657. The standard InChI is InChI=1S/C16H16BrNO2/c1-11(2)20-15-8-13(9-18-10-15)16(19)7-12-4-3-5-14(17)6-12/h3-6,8-11H,7H2,1-2H3. The van der Waals surface area contributed by atoms with Crippen LogP contribution in [0.3, 0.4) is 0 Å². The Labute approximate surface area is 127 Å². The highest BCUT2D eigenvalue weighted by Crippen LogP contribution is 2.17. The number of halogens is 1. The van der Waals surface area contributed by atoms with Crippen LogP contribution in [0.15, 0.2) is 47.2 Å².